The summed E-state index contributed by atoms with van der Waals surface area (Å²) in [6, 6.07) is -0.253. The molecule has 1 aliphatic rings. The van der Waals surface area contributed by atoms with Crippen molar-refractivity contribution in [2.75, 3.05) is 19.6 Å². The fourth-order valence-corrected chi connectivity index (χ4v) is 1.27. The van der Waals surface area contributed by atoms with Gasteiger partial charge in [-0.05, 0) is 0 Å². The Bertz CT molecular complexity index is 232. The first kappa shape index (κ1) is 10.9. The molecule has 14 heavy (non-hydrogen) atoms. The van der Waals surface area contributed by atoms with Gasteiger partial charge in [0, 0.05) is 20.0 Å². The summed E-state index contributed by atoms with van der Waals surface area (Å²) in [6.45, 7) is 2.36. The van der Waals surface area contributed by atoms with Crippen LogP contribution in [0.2, 0.25) is 0 Å². The van der Waals surface area contributed by atoms with E-state index in [9.17, 15) is 14.7 Å². The number of rotatable bonds is 3. The van der Waals surface area contributed by atoms with Gasteiger partial charge in [-0.2, -0.15) is 0 Å². The molecule has 1 rings (SSSR count). The van der Waals surface area contributed by atoms with Crippen LogP contribution in [-0.2, 0) is 9.59 Å². The number of carbonyl (C=O) groups excluding carboxylic acids is 2. The van der Waals surface area contributed by atoms with Gasteiger partial charge in [0.15, 0.2) is 0 Å². The predicted molar refractivity (Wildman–Crippen MR) is 49.5 cm³/mol. The number of amides is 2. The normalized spacial score (nSPS) is 25.9. The van der Waals surface area contributed by atoms with Crippen LogP contribution in [0, 0.1) is 0 Å². The lowest BCUT2D eigenvalue weighted by Gasteiger charge is -2.15. The summed E-state index contributed by atoms with van der Waals surface area (Å²) < 4.78 is 0. The zero-order valence-electron chi connectivity index (χ0n) is 8.04. The van der Waals surface area contributed by atoms with Crippen molar-refractivity contribution >= 4 is 11.8 Å². The van der Waals surface area contributed by atoms with Crippen LogP contribution in [0.25, 0.3) is 0 Å². The van der Waals surface area contributed by atoms with Gasteiger partial charge in [0.25, 0.3) is 0 Å². The Morgan fingerprint density at radius 2 is 2.21 bits per heavy atom. The molecule has 2 atom stereocenters. The quantitative estimate of drug-likeness (QED) is 0.409. The molecule has 0 bridgehead atoms. The SMILES string of the molecule is CC(=O)NCC(=O)NC1CNCC1O. The van der Waals surface area contributed by atoms with E-state index in [1.165, 1.54) is 6.92 Å². The predicted octanol–water partition coefficient (Wildman–Crippen LogP) is -2.43. The lowest BCUT2D eigenvalue weighted by atomic mass is 10.2. The lowest BCUT2D eigenvalue weighted by molar-refractivity contribution is -0.125. The smallest absolute Gasteiger partial charge is 0.239 e. The third-order valence-corrected chi connectivity index (χ3v) is 2.03. The summed E-state index contributed by atoms with van der Waals surface area (Å²) in [6.07, 6.45) is -0.545. The Morgan fingerprint density at radius 1 is 1.50 bits per heavy atom. The minimum atomic E-state index is -0.545. The monoisotopic (exact) mass is 201 g/mol. The Labute approximate surface area is 82.1 Å². The molecule has 0 aliphatic carbocycles. The number of hydrogen-bond donors (Lipinski definition) is 4. The standard InChI is InChI=1S/C8H15N3O3/c1-5(12)10-4-8(14)11-6-2-9-3-7(6)13/h6-7,9,13H,2-4H2,1H3,(H,10,12)(H,11,14). The van der Waals surface area contributed by atoms with E-state index in [2.05, 4.69) is 16.0 Å². The molecule has 1 saturated heterocycles. The summed E-state index contributed by atoms with van der Waals surface area (Å²) in [7, 11) is 0. The second kappa shape index (κ2) is 4.92. The van der Waals surface area contributed by atoms with Gasteiger partial charge in [-0.25, -0.2) is 0 Å². The maximum atomic E-state index is 11.2. The summed E-state index contributed by atoms with van der Waals surface area (Å²) in [5, 5.41) is 17.3. The molecule has 0 radical (unpaired) electrons. The maximum Gasteiger partial charge on any atom is 0.239 e. The highest BCUT2D eigenvalue weighted by Crippen LogP contribution is 1.98. The Kier molecular flexibility index (Phi) is 3.84. The molecule has 2 unspecified atom stereocenters. The van der Waals surface area contributed by atoms with Gasteiger partial charge in [-0.3, -0.25) is 9.59 Å². The molecule has 80 valence electrons. The van der Waals surface area contributed by atoms with Gasteiger partial charge in [-0.1, -0.05) is 0 Å². The van der Waals surface area contributed by atoms with Gasteiger partial charge >= 0.3 is 0 Å². The summed E-state index contributed by atoms with van der Waals surface area (Å²) in [5.41, 5.74) is 0. The van der Waals surface area contributed by atoms with Gasteiger partial charge in [-0.15, -0.1) is 0 Å². The average Bonchev–Trinajstić information content (AvgIpc) is 2.49. The van der Waals surface area contributed by atoms with Gasteiger partial charge in [0.2, 0.25) is 11.8 Å². The van der Waals surface area contributed by atoms with Crippen molar-refractivity contribution in [3.63, 3.8) is 0 Å². The van der Waals surface area contributed by atoms with Crippen molar-refractivity contribution < 1.29 is 14.7 Å². The molecule has 0 saturated carbocycles. The van der Waals surface area contributed by atoms with E-state index in [1.54, 1.807) is 0 Å². The molecule has 0 aromatic heterocycles. The molecule has 1 aliphatic heterocycles. The number of aliphatic hydroxyl groups excluding tert-OH is 1. The number of β-amino-alcohol motifs (C(OH)–C–C–N with tert-alkyl or cyclic N) is 1. The van der Waals surface area contributed by atoms with E-state index in [0.717, 1.165) is 0 Å². The van der Waals surface area contributed by atoms with E-state index in [1.807, 2.05) is 0 Å². The van der Waals surface area contributed by atoms with Crippen LogP contribution in [-0.4, -0.2) is 48.7 Å². The molecule has 0 aromatic carbocycles. The number of carbonyl (C=O) groups is 2. The molecule has 1 heterocycles. The van der Waals surface area contributed by atoms with Crippen molar-refractivity contribution in [1.29, 1.82) is 0 Å². The van der Waals surface area contributed by atoms with Crippen molar-refractivity contribution in [2.24, 2.45) is 0 Å². The van der Waals surface area contributed by atoms with Crippen molar-refractivity contribution in [3.8, 4) is 0 Å². The highest BCUT2D eigenvalue weighted by atomic mass is 16.3. The molecule has 0 spiro atoms. The van der Waals surface area contributed by atoms with Crippen LogP contribution in [0.3, 0.4) is 0 Å². The topological polar surface area (TPSA) is 90.5 Å². The Hall–Kier alpha value is -1.14. The molecule has 6 heteroatoms. The van der Waals surface area contributed by atoms with Crippen molar-refractivity contribution in [1.82, 2.24) is 16.0 Å². The first-order chi connectivity index (χ1) is 6.59. The maximum absolute atomic E-state index is 11.2. The van der Waals surface area contributed by atoms with E-state index >= 15 is 0 Å². The van der Waals surface area contributed by atoms with Gasteiger partial charge in [0.1, 0.15) is 0 Å². The third-order valence-electron chi connectivity index (χ3n) is 2.03. The van der Waals surface area contributed by atoms with Crippen LogP contribution in [0.15, 0.2) is 0 Å². The first-order valence-electron chi connectivity index (χ1n) is 4.52. The molecular formula is C8H15N3O3. The molecule has 6 nitrogen and oxygen atoms in total. The highest BCUT2D eigenvalue weighted by Gasteiger charge is 2.25. The van der Waals surface area contributed by atoms with Gasteiger partial charge < -0.3 is 21.1 Å². The second-order valence-electron chi connectivity index (χ2n) is 3.31. The number of aliphatic hydroxyl groups is 1. The molecule has 0 aromatic rings. The zero-order valence-corrected chi connectivity index (χ0v) is 8.04. The largest absolute Gasteiger partial charge is 0.390 e. The fraction of sp³-hybridized carbons (Fsp3) is 0.750. The first-order valence-corrected chi connectivity index (χ1v) is 4.52. The van der Waals surface area contributed by atoms with Crippen molar-refractivity contribution in [2.45, 2.75) is 19.1 Å². The van der Waals surface area contributed by atoms with Crippen LogP contribution in [0.5, 0.6) is 0 Å². The van der Waals surface area contributed by atoms with Crippen LogP contribution < -0.4 is 16.0 Å². The fourth-order valence-electron chi connectivity index (χ4n) is 1.27. The Balaban J connectivity index is 2.22. The highest BCUT2D eigenvalue weighted by molar-refractivity contribution is 5.83. The van der Waals surface area contributed by atoms with Gasteiger partial charge in [0.05, 0.1) is 18.7 Å². The number of hydrogen-bond acceptors (Lipinski definition) is 4. The summed E-state index contributed by atoms with van der Waals surface area (Å²) in [5.74, 6) is -0.529. The van der Waals surface area contributed by atoms with Crippen LogP contribution >= 0.6 is 0 Å². The van der Waals surface area contributed by atoms with Crippen LogP contribution in [0.4, 0.5) is 0 Å². The molecule has 2 amide bonds. The van der Waals surface area contributed by atoms with Crippen LogP contribution in [0.1, 0.15) is 6.92 Å². The van der Waals surface area contributed by atoms with E-state index < -0.39 is 6.10 Å². The van der Waals surface area contributed by atoms with Crippen molar-refractivity contribution in [3.05, 3.63) is 0 Å². The lowest BCUT2D eigenvalue weighted by Crippen LogP contribution is -2.46. The summed E-state index contributed by atoms with van der Waals surface area (Å²) in [4.78, 5) is 21.7. The Morgan fingerprint density at radius 3 is 2.71 bits per heavy atom. The molecule has 4 N–H and O–H groups in total. The third kappa shape index (κ3) is 3.31. The minimum absolute atomic E-state index is 0.0431. The zero-order chi connectivity index (χ0) is 10.6. The van der Waals surface area contributed by atoms with E-state index in [0.29, 0.717) is 13.1 Å². The second-order valence-corrected chi connectivity index (χ2v) is 3.31. The minimum Gasteiger partial charge on any atom is -0.390 e. The average molecular weight is 201 g/mol. The number of nitrogens with one attached hydrogen (secondary N) is 3. The van der Waals surface area contributed by atoms with E-state index in [-0.39, 0.29) is 24.4 Å². The molecular weight excluding hydrogens is 186 g/mol. The molecule has 1 fully saturated rings. The van der Waals surface area contributed by atoms with E-state index in [4.69, 9.17) is 0 Å². The summed E-state index contributed by atoms with van der Waals surface area (Å²) >= 11 is 0.